The highest BCUT2D eigenvalue weighted by Gasteiger charge is 2.19. The minimum Gasteiger partial charge on any atom is -0.388 e. The van der Waals surface area contributed by atoms with E-state index in [0.717, 1.165) is 12.8 Å². The van der Waals surface area contributed by atoms with Crippen molar-refractivity contribution in [2.75, 3.05) is 0 Å². The summed E-state index contributed by atoms with van der Waals surface area (Å²) >= 11 is 3.17. The molecular formula is C12H16BrFO. The van der Waals surface area contributed by atoms with Gasteiger partial charge in [-0.3, -0.25) is 0 Å². The number of aliphatic hydroxyl groups is 1. The van der Waals surface area contributed by atoms with E-state index in [1.807, 2.05) is 6.92 Å². The van der Waals surface area contributed by atoms with Crippen LogP contribution in [0.2, 0.25) is 0 Å². The fourth-order valence-electron chi connectivity index (χ4n) is 1.67. The molecule has 0 spiro atoms. The Bertz CT molecular complexity index is 327. The Balaban J connectivity index is 2.90. The van der Waals surface area contributed by atoms with Crippen molar-refractivity contribution in [2.24, 2.45) is 5.92 Å². The van der Waals surface area contributed by atoms with Crippen molar-refractivity contribution in [3.8, 4) is 0 Å². The van der Waals surface area contributed by atoms with Gasteiger partial charge < -0.3 is 5.11 Å². The molecule has 1 nitrogen and oxygen atoms in total. The molecule has 1 rings (SSSR count). The molecule has 1 aromatic rings. The Morgan fingerprint density at radius 2 is 2.13 bits per heavy atom. The first-order valence-corrected chi connectivity index (χ1v) is 5.99. The molecule has 0 bridgehead atoms. The van der Waals surface area contributed by atoms with Gasteiger partial charge in [0.1, 0.15) is 5.82 Å². The lowest BCUT2D eigenvalue weighted by molar-refractivity contribution is 0.111. The molecule has 0 saturated carbocycles. The van der Waals surface area contributed by atoms with E-state index < -0.39 is 6.10 Å². The lowest BCUT2D eigenvalue weighted by Gasteiger charge is -2.19. The predicted octanol–water partition coefficient (Wildman–Crippen LogP) is 4.06. The molecule has 0 saturated heterocycles. The molecule has 0 aliphatic carbocycles. The van der Waals surface area contributed by atoms with Crippen molar-refractivity contribution in [3.63, 3.8) is 0 Å². The molecule has 3 heteroatoms. The third-order valence-corrected chi connectivity index (χ3v) is 3.42. The Morgan fingerprint density at radius 3 is 2.73 bits per heavy atom. The third kappa shape index (κ3) is 3.02. The molecule has 0 aromatic heterocycles. The predicted molar refractivity (Wildman–Crippen MR) is 63.1 cm³/mol. The number of halogens is 2. The molecule has 84 valence electrons. The number of hydrogen-bond acceptors (Lipinski definition) is 1. The summed E-state index contributed by atoms with van der Waals surface area (Å²) in [6.45, 7) is 4.05. The van der Waals surface area contributed by atoms with Crippen LogP contribution in [0.15, 0.2) is 22.7 Å². The van der Waals surface area contributed by atoms with Crippen LogP contribution in [0, 0.1) is 11.7 Å². The summed E-state index contributed by atoms with van der Waals surface area (Å²) in [5.74, 6) is -0.177. The van der Waals surface area contributed by atoms with Crippen LogP contribution in [0.3, 0.4) is 0 Å². The van der Waals surface area contributed by atoms with Gasteiger partial charge in [-0.2, -0.15) is 0 Å². The molecule has 2 atom stereocenters. The Hall–Kier alpha value is -0.410. The van der Waals surface area contributed by atoms with Crippen molar-refractivity contribution >= 4 is 15.9 Å². The van der Waals surface area contributed by atoms with Crippen LogP contribution in [0.1, 0.15) is 38.4 Å². The van der Waals surface area contributed by atoms with Crippen molar-refractivity contribution in [1.82, 2.24) is 0 Å². The molecule has 0 fully saturated rings. The second kappa shape index (κ2) is 5.61. The van der Waals surface area contributed by atoms with Crippen LogP contribution in [-0.4, -0.2) is 5.11 Å². The summed E-state index contributed by atoms with van der Waals surface area (Å²) in [4.78, 5) is 0. The molecular weight excluding hydrogens is 259 g/mol. The summed E-state index contributed by atoms with van der Waals surface area (Å²) in [6, 6.07) is 4.76. The molecule has 1 aromatic carbocycles. The molecule has 2 unspecified atom stereocenters. The monoisotopic (exact) mass is 274 g/mol. The van der Waals surface area contributed by atoms with E-state index in [2.05, 4.69) is 22.9 Å². The van der Waals surface area contributed by atoms with Crippen LogP contribution >= 0.6 is 15.9 Å². The fraction of sp³-hybridized carbons (Fsp3) is 0.500. The lowest BCUT2D eigenvalue weighted by atomic mass is 9.94. The molecule has 0 aliphatic rings. The van der Waals surface area contributed by atoms with Crippen molar-refractivity contribution in [3.05, 3.63) is 34.1 Å². The molecule has 0 radical (unpaired) electrons. The SMILES string of the molecule is CCCC(C)C(O)c1cccc(F)c1Br. The average molecular weight is 275 g/mol. The standard InChI is InChI=1S/C12H16BrFO/c1-3-5-8(2)12(15)9-6-4-7-10(14)11(9)13/h4,6-8,12,15H,3,5H2,1-2H3. The van der Waals surface area contributed by atoms with E-state index >= 15 is 0 Å². The van der Waals surface area contributed by atoms with E-state index in [0.29, 0.717) is 10.0 Å². The molecule has 0 heterocycles. The van der Waals surface area contributed by atoms with Crippen molar-refractivity contribution in [1.29, 1.82) is 0 Å². The molecule has 15 heavy (non-hydrogen) atoms. The first kappa shape index (κ1) is 12.7. The fourth-order valence-corrected chi connectivity index (χ4v) is 2.17. The van der Waals surface area contributed by atoms with Gasteiger partial charge in [-0.15, -0.1) is 0 Å². The Morgan fingerprint density at radius 1 is 1.47 bits per heavy atom. The summed E-state index contributed by atoms with van der Waals surface area (Å²) in [7, 11) is 0. The highest BCUT2D eigenvalue weighted by Crippen LogP contribution is 2.32. The lowest BCUT2D eigenvalue weighted by Crippen LogP contribution is -2.10. The van der Waals surface area contributed by atoms with Gasteiger partial charge >= 0.3 is 0 Å². The van der Waals surface area contributed by atoms with E-state index in [-0.39, 0.29) is 11.7 Å². The molecule has 0 amide bonds. The van der Waals surface area contributed by atoms with Crippen molar-refractivity contribution < 1.29 is 9.50 Å². The highest BCUT2D eigenvalue weighted by molar-refractivity contribution is 9.10. The van der Waals surface area contributed by atoms with Gasteiger partial charge in [-0.05, 0) is 39.9 Å². The van der Waals surface area contributed by atoms with Gasteiger partial charge in [0.05, 0.1) is 10.6 Å². The van der Waals surface area contributed by atoms with Crippen LogP contribution in [0.4, 0.5) is 4.39 Å². The van der Waals surface area contributed by atoms with Gasteiger partial charge in [-0.1, -0.05) is 32.4 Å². The maximum atomic E-state index is 13.2. The second-order valence-corrected chi connectivity index (χ2v) is 4.65. The zero-order valence-electron chi connectivity index (χ0n) is 9.00. The third-order valence-electron chi connectivity index (χ3n) is 2.58. The first-order chi connectivity index (χ1) is 7.07. The van der Waals surface area contributed by atoms with Crippen LogP contribution in [0.25, 0.3) is 0 Å². The molecule has 0 aliphatic heterocycles. The van der Waals surface area contributed by atoms with E-state index in [1.165, 1.54) is 6.07 Å². The summed E-state index contributed by atoms with van der Waals surface area (Å²) in [5.41, 5.74) is 0.635. The maximum Gasteiger partial charge on any atom is 0.137 e. The number of rotatable bonds is 4. The normalized spacial score (nSPS) is 15.0. The van der Waals surface area contributed by atoms with Crippen LogP contribution in [-0.2, 0) is 0 Å². The maximum absolute atomic E-state index is 13.2. The van der Waals surface area contributed by atoms with Crippen LogP contribution < -0.4 is 0 Å². The smallest absolute Gasteiger partial charge is 0.137 e. The summed E-state index contributed by atoms with van der Waals surface area (Å²) in [5, 5.41) is 10.0. The Labute approximate surface area is 98.4 Å². The zero-order valence-corrected chi connectivity index (χ0v) is 10.6. The van der Waals surface area contributed by atoms with E-state index in [4.69, 9.17) is 0 Å². The van der Waals surface area contributed by atoms with Gasteiger partial charge in [0, 0.05) is 0 Å². The molecule has 1 N–H and O–H groups in total. The van der Waals surface area contributed by atoms with Gasteiger partial charge in [0.25, 0.3) is 0 Å². The first-order valence-electron chi connectivity index (χ1n) is 5.19. The van der Waals surface area contributed by atoms with Gasteiger partial charge in [0.2, 0.25) is 0 Å². The largest absolute Gasteiger partial charge is 0.388 e. The van der Waals surface area contributed by atoms with Crippen LogP contribution in [0.5, 0.6) is 0 Å². The van der Waals surface area contributed by atoms with Gasteiger partial charge in [0.15, 0.2) is 0 Å². The quantitative estimate of drug-likeness (QED) is 0.878. The number of aliphatic hydroxyl groups excluding tert-OH is 1. The highest BCUT2D eigenvalue weighted by atomic mass is 79.9. The minimum atomic E-state index is -0.602. The summed E-state index contributed by atoms with van der Waals surface area (Å²) in [6.07, 6.45) is 1.35. The Kier molecular flexibility index (Phi) is 4.74. The average Bonchev–Trinajstić information content (AvgIpc) is 2.21. The number of benzene rings is 1. The summed E-state index contributed by atoms with van der Waals surface area (Å²) < 4.78 is 13.6. The minimum absolute atomic E-state index is 0.146. The van der Waals surface area contributed by atoms with Gasteiger partial charge in [-0.25, -0.2) is 4.39 Å². The van der Waals surface area contributed by atoms with E-state index in [1.54, 1.807) is 12.1 Å². The zero-order chi connectivity index (χ0) is 11.4. The topological polar surface area (TPSA) is 20.2 Å². The number of hydrogen-bond donors (Lipinski definition) is 1. The van der Waals surface area contributed by atoms with E-state index in [9.17, 15) is 9.50 Å². The second-order valence-electron chi connectivity index (χ2n) is 3.85. The van der Waals surface area contributed by atoms with Crippen molar-refractivity contribution in [2.45, 2.75) is 32.8 Å².